The second-order valence-electron chi connectivity index (χ2n) is 2.91. The molecule has 12 heavy (non-hydrogen) atoms. The lowest BCUT2D eigenvalue weighted by Crippen LogP contribution is -2.05. The highest BCUT2D eigenvalue weighted by Crippen LogP contribution is 2.19. The van der Waals surface area contributed by atoms with Gasteiger partial charge in [0.05, 0.1) is 6.10 Å². The van der Waals surface area contributed by atoms with Gasteiger partial charge in [-0.05, 0) is 13.8 Å². The Morgan fingerprint density at radius 2 is 1.75 bits per heavy atom. The van der Waals surface area contributed by atoms with Gasteiger partial charge < -0.3 is 4.74 Å². The molecule has 1 aromatic rings. The Kier molecular flexibility index (Phi) is 3.23. The third-order valence-electron chi connectivity index (χ3n) is 1.45. The predicted molar refractivity (Wildman–Crippen MR) is 46.5 cm³/mol. The van der Waals surface area contributed by atoms with Gasteiger partial charge in [0.1, 0.15) is 0 Å². The van der Waals surface area contributed by atoms with Crippen molar-refractivity contribution in [2.45, 2.75) is 26.3 Å². The number of hydrogen-bond acceptors (Lipinski definition) is 1. The largest absolute Gasteiger partial charge is 0.342 e. The average Bonchev–Trinajstić information content (AvgIpc) is 2.05. The maximum absolute atomic E-state index is 13.2. The zero-order valence-electron chi connectivity index (χ0n) is 7.33. The van der Waals surface area contributed by atoms with Crippen LogP contribution in [-0.2, 0) is 4.74 Å². The molecule has 0 aliphatic carbocycles. The average molecular weight is 168 g/mol. The number of hydrogen-bond donors (Lipinski definition) is 0. The van der Waals surface area contributed by atoms with Crippen LogP contribution < -0.4 is 0 Å². The number of ether oxygens (including phenoxy) is 1. The molecular formula is C10H13FO. The van der Waals surface area contributed by atoms with Gasteiger partial charge in [0.25, 0.3) is 0 Å². The summed E-state index contributed by atoms with van der Waals surface area (Å²) >= 11 is 0. The maximum atomic E-state index is 13.2. The highest BCUT2D eigenvalue weighted by molar-refractivity contribution is 5.15. The van der Waals surface area contributed by atoms with Gasteiger partial charge in [0, 0.05) is 5.56 Å². The summed E-state index contributed by atoms with van der Waals surface area (Å²) < 4.78 is 18.1. The molecule has 0 heterocycles. The number of rotatable bonds is 3. The van der Waals surface area contributed by atoms with Crippen LogP contribution in [0.4, 0.5) is 4.39 Å². The molecule has 1 nitrogen and oxygen atoms in total. The Morgan fingerprint density at radius 3 is 2.25 bits per heavy atom. The Hall–Kier alpha value is -0.890. The van der Waals surface area contributed by atoms with Crippen LogP contribution in [-0.4, -0.2) is 6.10 Å². The molecule has 0 radical (unpaired) electrons. The van der Waals surface area contributed by atoms with Crippen molar-refractivity contribution in [1.29, 1.82) is 0 Å². The van der Waals surface area contributed by atoms with Crippen LogP contribution in [0, 0.1) is 0 Å². The molecule has 0 bridgehead atoms. The van der Waals surface area contributed by atoms with Gasteiger partial charge in [-0.25, -0.2) is 4.39 Å². The molecule has 0 amide bonds. The summed E-state index contributed by atoms with van der Waals surface area (Å²) in [6, 6.07) is 8.88. The zero-order chi connectivity index (χ0) is 8.97. The monoisotopic (exact) mass is 168 g/mol. The van der Waals surface area contributed by atoms with Crippen molar-refractivity contribution >= 4 is 0 Å². The van der Waals surface area contributed by atoms with Gasteiger partial charge in [-0.15, -0.1) is 0 Å². The van der Waals surface area contributed by atoms with E-state index in [9.17, 15) is 4.39 Å². The first-order valence-corrected chi connectivity index (χ1v) is 4.04. The van der Waals surface area contributed by atoms with Crippen LogP contribution in [0.5, 0.6) is 0 Å². The van der Waals surface area contributed by atoms with Crippen molar-refractivity contribution in [1.82, 2.24) is 0 Å². The number of benzene rings is 1. The van der Waals surface area contributed by atoms with Crippen molar-refractivity contribution < 1.29 is 9.13 Å². The summed E-state index contributed by atoms with van der Waals surface area (Å²) in [5.74, 6) is 0. The molecule has 0 aromatic heterocycles. The third-order valence-corrected chi connectivity index (χ3v) is 1.45. The van der Waals surface area contributed by atoms with E-state index in [4.69, 9.17) is 4.74 Å². The summed E-state index contributed by atoms with van der Waals surface area (Å²) in [6.45, 7) is 3.63. The molecule has 1 rings (SSSR count). The van der Waals surface area contributed by atoms with Crippen molar-refractivity contribution in [3.8, 4) is 0 Å². The Morgan fingerprint density at radius 1 is 1.17 bits per heavy atom. The fourth-order valence-electron chi connectivity index (χ4n) is 0.922. The highest BCUT2D eigenvalue weighted by Gasteiger charge is 2.10. The maximum Gasteiger partial charge on any atom is 0.225 e. The number of alkyl halides is 1. The van der Waals surface area contributed by atoms with E-state index in [1.807, 2.05) is 19.9 Å². The fourth-order valence-corrected chi connectivity index (χ4v) is 0.922. The van der Waals surface area contributed by atoms with E-state index in [1.165, 1.54) is 0 Å². The minimum absolute atomic E-state index is 0.0831. The fraction of sp³-hybridized carbons (Fsp3) is 0.400. The van der Waals surface area contributed by atoms with Gasteiger partial charge in [-0.3, -0.25) is 0 Å². The van der Waals surface area contributed by atoms with E-state index in [1.54, 1.807) is 24.3 Å². The summed E-state index contributed by atoms with van der Waals surface area (Å²) in [7, 11) is 0. The third kappa shape index (κ3) is 2.62. The lowest BCUT2D eigenvalue weighted by Gasteiger charge is -2.12. The Bertz CT molecular complexity index is 221. The lowest BCUT2D eigenvalue weighted by molar-refractivity contribution is -0.0743. The molecule has 0 aliphatic rings. The van der Waals surface area contributed by atoms with Crippen molar-refractivity contribution in [3.63, 3.8) is 0 Å². The molecule has 0 saturated heterocycles. The molecule has 0 aliphatic heterocycles. The van der Waals surface area contributed by atoms with Crippen LogP contribution in [0.25, 0.3) is 0 Å². The first kappa shape index (κ1) is 9.20. The zero-order valence-corrected chi connectivity index (χ0v) is 7.33. The quantitative estimate of drug-likeness (QED) is 0.674. The molecule has 0 saturated carbocycles. The minimum atomic E-state index is -1.30. The molecular weight excluding hydrogens is 155 g/mol. The van der Waals surface area contributed by atoms with Crippen LogP contribution >= 0.6 is 0 Å². The number of halogens is 1. The van der Waals surface area contributed by atoms with E-state index in [0.29, 0.717) is 5.56 Å². The van der Waals surface area contributed by atoms with Crippen molar-refractivity contribution in [3.05, 3.63) is 35.9 Å². The summed E-state index contributed by atoms with van der Waals surface area (Å²) in [6.07, 6.45) is -1.38. The molecule has 2 heteroatoms. The molecule has 1 atom stereocenters. The molecule has 0 fully saturated rings. The van der Waals surface area contributed by atoms with E-state index in [0.717, 1.165) is 0 Å². The molecule has 1 unspecified atom stereocenters. The SMILES string of the molecule is CC(C)OC(F)c1ccccc1. The normalized spacial score (nSPS) is 13.3. The smallest absolute Gasteiger partial charge is 0.225 e. The summed E-state index contributed by atoms with van der Waals surface area (Å²) in [5, 5.41) is 0. The highest BCUT2D eigenvalue weighted by atomic mass is 19.1. The first-order valence-electron chi connectivity index (χ1n) is 4.04. The van der Waals surface area contributed by atoms with Gasteiger partial charge in [-0.1, -0.05) is 30.3 Å². The second-order valence-corrected chi connectivity index (χ2v) is 2.91. The topological polar surface area (TPSA) is 9.23 Å². The lowest BCUT2D eigenvalue weighted by atomic mass is 10.2. The first-order chi connectivity index (χ1) is 5.70. The second kappa shape index (κ2) is 4.21. The Balaban J connectivity index is 2.59. The van der Waals surface area contributed by atoms with Gasteiger partial charge in [-0.2, -0.15) is 0 Å². The Labute approximate surface area is 72.2 Å². The minimum Gasteiger partial charge on any atom is -0.342 e. The summed E-state index contributed by atoms with van der Waals surface area (Å²) in [5.41, 5.74) is 0.575. The van der Waals surface area contributed by atoms with Crippen LogP contribution in [0.3, 0.4) is 0 Å². The molecule has 66 valence electrons. The van der Waals surface area contributed by atoms with E-state index < -0.39 is 6.36 Å². The van der Waals surface area contributed by atoms with E-state index in [2.05, 4.69) is 0 Å². The van der Waals surface area contributed by atoms with Crippen molar-refractivity contribution in [2.24, 2.45) is 0 Å². The molecule has 0 N–H and O–H groups in total. The predicted octanol–water partition coefficient (Wildman–Crippen LogP) is 3.08. The van der Waals surface area contributed by atoms with E-state index >= 15 is 0 Å². The standard InChI is InChI=1S/C10H13FO/c1-8(2)12-10(11)9-6-4-3-5-7-9/h3-8,10H,1-2H3. The van der Waals surface area contributed by atoms with Gasteiger partial charge >= 0.3 is 0 Å². The van der Waals surface area contributed by atoms with E-state index in [-0.39, 0.29) is 6.10 Å². The molecule has 0 spiro atoms. The van der Waals surface area contributed by atoms with Gasteiger partial charge in [0.2, 0.25) is 6.36 Å². The van der Waals surface area contributed by atoms with Crippen LogP contribution in [0.15, 0.2) is 30.3 Å². The van der Waals surface area contributed by atoms with Crippen LogP contribution in [0.2, 0.25) is 0 Å². The molecule has 1 aromatic carbocycles. The van der Waals surface area contributed by atoms with Crippen LogP contribution in [0.1, 0.15) is 25.8 Å². The van der Waals surface area contributed by atoms with Gasteiger partial charge in [0.15, 0.2) is 0 Å². The summed E-state index contributed by atoms with van der Waals surface area (Å²) in [4.78, 5) is 0. The van der Waals surface area contributed by atoms with Crippen molar-refractivity contribution in [2.75, 3.05) is 0 Å².